The van der Waals surface area contributed by atoms with E-state index >= 15 is 0 Å². The molecule has 0 aliphatic carbocycles. The van der Waals surface area contributed by atoms with Gasteiger partial charge in [-0.1, -0.05) is 11.6 Å². The zero-order chi connectivity index (χ0) is 10.6. The van der Waals surface area contributed by atoms with Gasteiger partial charge in [0, 0.05) is 18.8 Å². The van der Waals surface area contributed by atoms with Gasteiger partial charge in [0.25, 0.3) is 0 Å². The molecular formula is C9H12BrClN2O. The molecule has 1 atom stereocenters. The highest BCUT2D eigenvalue weighted by Gasteiger charge is 2.05. The van der Waals surface area contributed by atoms with Crippen molar-refractivity contribution in [3.63, 3.8) is 0 Å². The molecule has 78 valence electrons. The lowest BCUT2D eigenvalue weighted by Crippen LogP contribution is -2.16. The number of aliphatic hydroxyl groups excluding tert-OH is 1. The summed E-state index contributed by atoms with van der Waals surface area (Å²) in [5.74, 6) is 0. The lowest BCUT2D eigenvalue weighted by atomic mass is 10.2. The van der Waals surface area contributed by atoms with Crippen molar-refractivity contribution in [3.8, 4) is 0 Å². The topological polar surface area (TPSA) is 45.1 Å². The Hall–Kier alpha value is -0.320. The molecule has 0 bridgehead atoms. The average Bonchev–Trinajstić information content (AvgIpc) is 2.12. The summed E-state index contributed by atoms with van der Waals surface area (Å²) in [5.41, 5.74) is 0.894. The number of halogens is 2. The van der Waals surface area contributed by atoms with Crippen LogP contribution >= 0.6 is 27.5 Å². The van der Waals surface area contributed by atoms with E-state index in [1.807, 2.05) is 6.92 Å². The van der Waals surface area contributed by atoms with Gasteiger partial charge in [0.15, 0.2) is 0 Å². The lowest BCUT2D eigenvalue weighted by Gasteiger charge is -2.15. The fourth-order valence-electron chi connectivity index (χ4n) is 1.06. The first-order chi connectivity index (χ1) is 6.63. The first kappa shape index (κ1) is 11.8. The van der Waals surface area contributed by atoms with Crippen LogP contribution < -0.4 is 5.32 Å². The van der Waals surface area contributed by atoms with E-state index in [1.54, 1.807) is 12.3 Å². The van der Waals surface area contributed by atoms with Crippen LogP contribution in [0.5, 0.6) is 0 Å². The van der Waals surface area contributed by atoms with Gasteiger partial charge in [0.05, 0.1) is 10.2 Å². The third-order valence-electron chi connectivity index (χ3n) is 1.79. The summed E-state index contributed by atoms with van der Waals surface area (Å²) < 4.78 is 0.867. The second kappa shape index (κ2) is 5.53. The van der Waals surface area contributed by atoms with Gasteiger partial charge in [-0.3, -0.25) is 0 Å². The van der Waals surface area contributed by atoms with Crippen molar-refractivity contribution in [2.24, 2.45) is 0 Å². The lowest BCUT2D eigenvalue weighted by molar-refractivity contribution is 0.282. The van der Waals surface area contributed by atoms with Gasteiger partial charge in [0.2, 0.25) is 0 Å². The van der Waals surface area contributed by atoms with Crippen molar-refractivity contribution in [1.29, 1.82) is 0 Å². The minimum absolute atomic E-state index is 0.171. The summed E-state index contributed by atoms with van der Waals surface area (Å²) in [5, 5.41) is 12.4. The number of aliphatic hydroxyl groups is 1. The largest absolute Gasteiger partial charge is 0.396 e. The van der Waals surface area contributed by atoms with Crippen LogP contribution in [-0.4, -0.2) is 22.7 Å². The maximum Gasteiger partial charge on any atom is 0.131 e. The summed E-state index contributed by atoms with van der Waals surface area (Å²) in [4.78, 5) is 3.92. The van der Waals surface area contributed by atoms with Gasteiger partial charge in [-0.25, -0.2) is 4.98 Å². The molecule has 2 N–H and O–H groups in total. The Balaban J connectivity index is 2.70. The van der Waals surface area contributed by atoms with Crippen LogP contribution in [0.3, 0.4) is 0 Å². The van der Waals surface area contributed by atoms with E-state index in [2.05, 4.69) is 26.2 Å². The van der Waals surface area contributed by atoms with Crippen LogP contribution in [0.2, 0.25) is 5.15 Å². The maximum atomic E-state index is 8.75. The standard InChI is InChI=1S/C9H12BrClN2O/c1-6(2-3-14)13-8-4-9(11)12-5-7(8)10/h4-6,14H,2-3H2,1H3,(H,12,13)/t6-/m0/s1. The molecule has 0 aliphatic rings. The molecule has 1 rings (SSSR count). The molecule has 0 saturated heterocycles. The van der Waals surface area contributed by atoms with Crippen molar-refractivity contribution < 1.29 is 5.11 Å². The quantitative estimate of drug-likeness (QED) is 0.833. The van der Waals surface area contributed by atoms with Gasteiger partial charge in [0.1, 0.15) is 5.15 Å². The summed E-state index contributed by atoms with van der Waals surface area (Å²) >= 11 is 9.12. The fraction of sp³-hybridized carbons (Fsp3) is 0.444. The highest BCUT2D eigenvalue weighted by Crippen LogP contribution is 2.24. The molecule has 1 heterocycles. The van der Waals surface area contributed by atoms with E-state index in [4.69, 9.17) is 16.7 Å². The Morgan fingerprint density at radius 1 is 1.71 bits per heavy atom. The summed E-state index contributed by atoms with van der Waals surface area (Å²) in [6.07, 6.45) is 2.35. The van der Waals surface area contributed by atoms with E-state index < -0.39 is 0 Å². The Labute approximate surface area is 96.6 Å². The zero-order valence-electron chi connectivity index (χ0n) is 7.80. The number of hydrogen-bond donors (Lipinski definition) is 2. The predicted molar refractivity (Wildman–Crippen MR) is 61.7 cm³/mol. The van der Waals surface area contributed by atoms with Crippen LogP contribution in [0.25, 0.3) is 0 Å². The number of nitrogens with one attached hydrogen (secondary N) is 1. The molecule has 14 heavy (non-hydrogen) atoms. The van der Waals surface area contributed by atoms with Crippen molar-refractivity contribution in [2.75, 3.05) is 11.9 Å². The molecule has 0 aromatic carbocycles. The molecule has 0 radical (unpaired) electrons. The number of hydrogen-bond acceptors (Lipinski definition) is 3. The summed E-state index contributed by atoms with van der Waals surface area (Å²) in [6.45, 7) is 2.17. The molecule has 1 aromatic rings. The third kappa shape index (κ3) is 3.44. The second-order valence-electron chi connectivity index (χ2n) is 3.04. The van der Waals surface area contributed by atoms with Crippen LogP contribution in [0.4, 0.5) is 5.69 Å². The molecule has 0 unspecified atom stereocenters. The molecular weight excluding hydrogens is 267 g/mol. The number of rotatable bonds is 4. The SMILES string of the molecule is C[C@@H](CCO)Nc1cc(Cl)ncc1Br. The molecule has 3 nitrogen and oxygen atoms in total. The van der Waals surface area contributed by atoms with Crippen LogP contribution in [0.1, 0.15) is 13.3 Å². The van der Waals surface area contributed by atoms with Gasteiger partial charge < -0.3 is 10.4 Å². The van der Waals surface area contributed by atoms with E-state index in [9.17, 15) is 0 Å². The van der Waals surface area contributed by atoms with E-state index in [-0.39, 0.29) is 12.6 Å². The van der Waals surface area contributed by atoms with E-state index in [0.29, 0.717) is 11.6 Å². The van der Waals surface area contributed by atoms with E-state index in [0.717, 1.165) is 10.2 Å². The molecule has 1 aromatic heterocycles. The number of nitrogens with zero attached hydrogens (tertiary/aromatic N) is 1. The van der Waals surface area contributed by atoms with Crippen molar-refractivity contribution >= 4 is 33.2 Å². The van der Waals surface area contributed by atoms with Crippen LogP contribution in [0, 0.1) is 0 Å². The number of aromatic nitrogens is 1. The van der Waals surface area contributed by atoms with Crippen molar-refractivity contribution in [2.45, 2.75) is 19.4 Å². The minimum atomic E-state index is 0.171. The number of anilines is 1. The first-order valence-electron chi connectivity index (χ1n) is 4.32. The Bertz CT molecular complexity index is 309. The maximum absolute atomic E-state index is 8.75. The highest BCUT2D eigenvalue weighted by atomic mass is 79.9. The van der Waals surface area contributed by atoms with Gasteiger partial charge in [-0.05, 0) is 35.3 Å². The first-order valence-corrected chi connectivity index (χ1v) is 5.49. The molecule has 0 amide bonds. The Morgan fingerprint density at radius 3 is 3.07 bits per heavy atom. The third-order valence-corrected chi connectivity index (χ3v) is 2.62. The molecule has 0 saturated carbocycles. The average molecular weight is 280 g/mol. The monoisotopic (exact) mass is 278 g/mol. The van der Waals surface area contributed by atoms with Crippen molar-refractivity contribution in [3.05, 3.63) is 21.9 Å². The number of pyridine rings is 1. The molecule has 5 heteroatoms. The predicted octanol–water partition coefficient (Wildman–Crippen LogP) is 2.68. The summed E-state index contributed by atoms with van der Waals surface area (Å²) in [6, 6.07) is 1.95. The zero-order valence-corrected chi connectivity index (χ0v) is 10.1. The van der Waals surface area contributed by atoms with Crippen LogP contribution in [-0.2, 0) is 0 Å². The summed E-state index contributed by atoms with van der Waals surface area (Å²) in [7, 11) is 0. The fourth-order valence-corrected chi connectivity index (χ4v) is 1.54. The van der Waals surface area contributed by atoms with Crippen LogP contribution in [0.15, 0.2) is 16.7 Å². The molecule has 0 aliphatic heterocycles. The van der Waals surface area contributed by atoms with Gasteiger partial charge in [-0.15, -0.1) is 0 Å². The van der Waals surface area contributed by atoms with E-state index in [1.165, 1.54) is 0 Å². The Morgan fingerprint density at radius 2 is 2.43 bits per heavy atom. The highest BCUT2D eigenvalue weighted by molar-refractivity contribution is 9.10. The molecule has 0 spiro atoms. The normalized spacial score (nSPS) is 12.6. The minimum Gasteiger partial charge on any atom is -0.396 e. The Kier molecular flexibility index (Phi) is 4.65. The second-order valence-corrected chi connectivity index (χ2v) is 4.29. The molecule has 0 fully saturated rings. The van der Waals surface area contributed by atoms with Gasteiger partial charge in [-0.2, -0.15) is 0 Å². The van der Waals surface area contributed by atoms with Gasteiger partial charge >= 0.3 is 0 Å². The smallest absolute Gasteiger partial charge is 0.131 e. The van der Waals surface area contributed by atoms with Crippen molar-refractivity contribution in [1.82, 2.24) is 4.98 Å².